The second-order valence-corrected chi connectivity index (χ2v) is 10.7. The van der Waals surface area contributed by atoms with Gasteiger partial charge < -0.3 is 0 Å². The molecule has 190 valence electrons. The number of aromatic nitrogens is 3. The number of allylic oxidation sites excluding steroid dienone is 4. The molecule has 39 heavy (non-hydrogen) atoms. The fourth-order valence-corrected chi connectivity index (χ4v) is 5.84. The molecule has 0 spiro atoms. The van der Waals surface area contributed by atoms with Crippen molar-refractivity contribution in [1.82, 2.24) is 20.0 Å². The molecule has 0 amide bonds. The third-order valence-corrected chi connectivity index (χ3v) is 7.98. The molecule has 0 saturated heterocycles. The first-order chi connectivity index (χ1) is 19.1. The van der Waals surface area contributed by atoms with Gasteiger partial charge in [-0.15, -0.1) is 0 Å². The molecular weight excluding hydrogens is 478 g/mol. The predicted octanol–water partition coefficient (Wildman–Crippen LogP) is 5.31. The molecule has 0 saturated carbocycles. The third kappa shape index (κ3) is 4.02. The van der Waals surface area contributed by atoms with Crippen molar-refractivity contribution in [2.45, 2.75) is 31.7 Å². The first kappa shape index (κ1) is 23.5. The topological polar surface area (TPSA) is 54.3 Å². The summed E-state index contributed by atoms with van der Waals surface area (Å²) in [6.07, 6.45) is 11.9. The van der Waals surface area contributed by atoms with E-state index in [1.54, 1.807) is 0 Å². The molecule has 4 aromatic rings. The zero-order valence-electron chi connectivity index (χ0n) is 22.1. The SMILES string of the molecule is CC1CC=CC=C1c1nc(-c2ccccc2)nc(C2C(c3ccccc3)=NN3C=c4ccccc4=CC23C)n1. The standard InChI is InChI=1S/C34H29N5/c1-23-13-9-12-20-28(23)32-35-31(25-16-7-4-8-17-25)36-33(37-32)29-30(24-14-5-3-6-15-24)38-39-22-27-19-11-10-18-26(27)21-34(29,39)2/h3-12,14-23,29H,13H2,1-2H3. The average molecular weight is 508 g/mol. The van der Waals surface area contributed by atoms with Crippen molar-refractivity contribution < 1.29 is 0 Å². The van der Waals surface area contributed by atoms with E-state index in [0.717, 1.165) is 45.7 Å². The van der Waals surface area contributed by atoms with Gasteiger partial charge >= 0.3 is 0 Å². The van der Waals surface area contributed by atoms with E-state index in [-0.39, 0.29) is 5.92 Å². The second kappa shape index (κ2) is 9.28. The Labute approximate surface area is 228 Å². The van der Waals surface area contributed by atoms with E-state index >= 15 is 0 Å². The van der Waals surface area contributed by atoms with Crippen LogP contribution in [0.25, 0.3) is 29.2 Å². The molecule has 5 heteroatoms. The van der Waals surface area contributed by atoms with E-state index in [4.69, 9.17) is 20.1 Å². The lowest BCUT2D eigenvalue weighted by Gasteiger charge is -2.36. The lowest BCUT2D eigenvalue weighted by molar-refractivity contribution is 0.278. The molecular formula is C34H29N5. The van der Waals surface area contributed by atoms with Gasteiger partial charge in [0.2, 0.25) is 0 Å². The fourth-order valence-electron chi connectivity index (χ4n) is 5.84. The highest BCUT2D eigenvalue weighted by molar-refractivity contribution is 6.08. The Bertz CT molecular complexity index is 1770. The molecule has 3 atom stereocenters. The Morgan fingerprint density at radius 1 is 0.769 bits per heavy atom. The van der Waals surface area contributed by atoms with Crippen LogP contribution in [-0.4, -0.2) is 31.2 Å². The Morgan fingerprint density at radius 3 is 2.18 bits per heavy atom. The highest BCUT2D eigenvalue weighted by Gasteiger charge is 2.49. The summed E-state index contributed by atoms with van der Waals surface area (Å²) < 4.78 is 0. The number of nitrogens with zero attached hydrogens (tertiary/aromatic N) is 5. The van der Waals surface area contributed by atoms with Crippen LogP contribution in [0, 0.1) is 5.92 Å². The zero-order chi connectivity index (χ0) is 26.4. The molecule has 1 aliphatic carbocycles. The van der Waals surface area contributed by atoms with Crippen molar-refractivity contribution in [2.75, 3.05) is 0 Å². The van der Waals surface area contributed by atoms with Crippen LogP contribution in [0.5, 0.6) is 0 Å². The smallest absolute Gasteiger partial charge is 0.163 e. The van der Waals surface area contributed by atoms with Gasteiger partial charge in [-0.3, -0.25) is 5.01 Å². The van der Waals surface area contributed by atoms with Crippen molar-refractivity contribution in [2.24, 2.45) is 11.0 Å². The number of hydrogen-bond acceptors (Lipinski definition) is 5. The summed E-state index contributed by atoms with van der Waals surface area (Å²) in [5.41, 5.74) is 3.66. The van der Waals surface area contributed by atoms with E-state index in [9.17, 15) is 0 Å². The summed E-state index contributed by atoms with van der Waals surface area (Å²) in [4.78, 5) is 15.4. The first-order valence-corrected chi connectivity index (χ1v) is 13.5. The van der Waals surface area contributed by atoms with Crippen molar-refractivity contribution in [3.8, 4) is 11.4 Å². The van der Waals surface area contributed by atoms with Crippen LogP contribution in [-0.2, 0) is 0 Å². The van der Waals surface area contributed by atoms with Crippen LogP contribution in [0.2, 0.25) is 0 Å². The molecule has 5 nitrogen and oxygen atoms in total. The average Bonchev–Trinajstić information content (AvgIpc) is 3.28. The molecule has 3 aliphatic rings. The Kier molecular flexibility index (Phi) is 5.58. The van der Waals surface area contributed by atoms with Crippen molar-refractivity contribution in [3.63, 3.8) is 0 Å². The Balaban J connectivity index is 1.48. The van der Waals surface area contributed by atoms with Crippen molar-refractivity contribution in [3.05, 3.63) is 131 Å². The van der Waals surface area contributed by atoms with Gasteiger partial charge in [-0.25, -0.2) is 15.0 Å². The highest BCUT2D eigenvalue weighted by Crippen LogP contribution is 2.44. The molecule has 3 unspecified atom stereocenters. The molecule has 0 bridgehead atoms. The normalized spacial score (nSPS) is 23.2. The van der Waals surface area contributed by atoms with Gasteiger partial charge in [0.15, 0.2) is 11.6 Å². The summed E-state index contributed by atoms with van der Waals surface area (Å²) in [6.45, 7) is 4.47. The minimum atomic E-state index is -0.488. The second-order valence-electron chi connectivity index (χ2n) is 10.7. The van der Waals surface area contributed by atoms with Gasteiger partial charge in [0.05, 0.1) is 17.2 Å². The lowest BCUT2D eigenvalue weighted by Crippen LogP contribution is -2.48. The van der Waals surface area contributed by atoms with Gasteiger partial charge in [-0.1, -0.05) is 110 Å². The molecule has 3 heterocycles. The van der Waals surface area contributed by atoms with Gasteiger partial charge in [0, 0.05) is 17.3 Å². The summed E-state index contributed by atoms with van der Waals surface area (Å²) in [6, 6.07) is 29.1. The van der Waals surface area contributed by atoms with E-state index < -0.39 is 5.54 Å². The Hall–Kier alpha value is -4.64. The van der Waals surface area contributed by atoms with Gasteiger partial charge in [0.25, 0.3) is 0 Å². The maximum Gasteiger partial charge on any atom is 0.163 e. The maximum atomic E-state index is 5.22. The lowest BCUT2D eigenvalue weighted by atomic mass is 9.78. The molecule has 0 fully saturated rings. The molecule has 1 aromatic heterocycles. The van der Waals surface area contributed by atoms with Crippen LogP contribution >= 0.6 is 0 Å². The van der Waals surface area contributed by atoms with E-state index in [1.165, 1.54) is 5.22 Å². The van der Waals surface area contributed by atoms with E-state index in [1.807, 2.05) is 24.3 Å². The van der Waals surface area contributed by atoms with Crippen molar-refractivity contribution in [1.29, 1.82) is 0 Å². The first-order valence-electron chi connectivity index (χ1n) is 13.5. The minimum Gasteiger partial charge on any atom is -0.261 e. The van der Waals surface area contributed by atoms with Gasteiger partial charge in [-0.2, -0.15) is 5.10 Å². The third-order valence-electron chi connectivity index (χ3n) is 7.98. The van der Waals surface area contributed by atoms with Gasteiger partial charge in [-0.05, 0) is 41.3 Å². The van der Waals surface area contributed by atoms with Gasteiger partial charge in [0.1, 0.15) is 5.82 Å². The van der Waals surface area contributed by atoms with E-state index in [2.05, 4.69) is 110 Å². The summed E-state index contributed by atoms with van der Waals surface area (Å²) in [7, 11) is 0. The van der Waals surface area contributed by atoms with E-state index in [0.29, 0.717) is 11.7 Å². The van der Waals surface area contributed by atoms with Crippen LogP contribution < -0.4 is 10.4 Å². The fraction of sp³-hybridized carbons (Fsp3) is 0.176. The van der Waals surface area contributed by atoms with Crippen LogP contribution in [0.3, 0.4) is 0 Å². The van der Waals surface area contributed by atoms with Crippen LogP contribution in [0.1, 0.15) is 43.4 Å². The Morgan fingerprint density at radius 2 is 1.44 bits per heavy atom. The number of rotatable bonds is 4. The van der Waals surface area contributed by atoms with Crippen LogP contribution in [0.4, 0.5) is 0 Å². The summed E-state index contributed by atoms with van der Waals surface area (Å²) in [5, 5.41) is 9.65. The summed E-state index contributed by atoms with van der Waals surface area (Å²) in [5.74, 6) is 2.29. The summed E-state index contributed by atoms with van der Waals surface area (Å²) >= 11 is 0. The molecule has 7 rings (SSSR count). The van der Waals surface area contributed by atoms with Crippen LogP contribution in [0.15, 0.2) is 108 Å². The zero-order valence-corrected chi connectivity index (χ0v) is 22.1. The monoisotopic (exact) mass is 507 g/mol. The van der Waals surface area contributed by atoms with Crippen molar-refractivity contribution >= 4 is 23.6 Å². The highest BCUT2D eigenvalue weighted by atomic mass is 15.5. The molecule has 0 N–H and O–H groups in total. The molecule has 0 radical (unpaired) electrons. The quantitative estimate of drug-likeness (QED) is 0.376. The molecule has 3 aromatic carbocycles. The number of benzene rings is 3. The predicted molar refractivity (Wildman–Crippen MR) is 157 cm³/mol. The maximum absolute atomic E-state index is 5.22. The largest absolute Gasteiger partial charge is 0.261 e. The number of fused-ring (bicyclic) bond motifs is 2. The molecule has 2 aliphatic heterocycles. The number of hydrogen-bond donors (Lipinski definition) is 0. The number of hydrazone groups is 1. The minimum absolute atomic E-state index is 0.205.